The molecule has 132 valence electrons. The summed E-state index contributed by atoms with van der Waals surface area (Å²) in [6.07, 6.45) is 4.61. The van der Waals surface area contributed by atoms with Crippen molar-refractivity contribution in [1.29, 1.82) is 0 Å². The van der Waals surface area contributed by atoms with Gasteiger partial charge in [0.2, 0.25) is 0 Å². The second kappa shape index (κ2) is 6.14. The van der Waals surface area contributed by atoms with E-state index in [4.69, 9.17) is 0 Å². The number of aromatic amines is 1. The average molecular weight is 361 g/mol. The maximum atomic E-state index is 12.4. The van der Waals surface area contributed by atoms with Gasteiger partial charge in [-0.25, -0.2) is 18.2 Å². The molecule has 2 amide bonds. The van der Waals surface area contributed by atoms with E-state index in [2.05, 4.69) is 20.3 Å². The highest BCUT2D eigenvalue weighted by Crippen LogP contribution is 2.22. The van der Waals surface area contributed by atoms with Crippen molar-refractivity contribution in [1.82, 2.24) is 25.2 Å². The highest BCUT2D eigenvalue weighted by molar-refractivity contribution is 7.91. The van der Waals surface area contributed by atoms with E-state index in [1.165, 1.54) is 0 Å². The average Bonchev–Trinajstić information content (AvgIpc) is 3.17. The largest absolute Gasteiger partial charge is 0.340 e. The van der Waals surface area contributed by atoms with Crippen LogP contribution < -0.4 is 5.32 Å². The topological polar surface area (TPSA) is 108 Å². The van der Waals surface area contributed by atoms with Crippen molar-refractivity contribution in [2.24, 2.45) is 0 Å². The summed E-state index contributed by atoms with van der Waals surface area (Å²) in [6.45, 7) is 1.00. The van der Waals surface area contributed by atoms with Gasteiger partial charge in [0.1, 0.15) is 5.82 Å². The molecule has 25 heavy (non-hydrogen) atoms. The third-order valence-corrected chi connectivity index (χ3v) is 6.38. The zero-order chi connectivity index (χ0) is 17.4. The predicted octanol–water partition coefficient (Wildman–Crippen LogP) is 0.726. The minimum Gasteiger partial charge on any atom is -0.340 e. The van der Waals surface area contributed by atoms with Gasteiger partial charge in [0.15, 0.2) is 9.84 Å². The molecule has 2 aromatic rings. The number of carbonyl (C=O) groups is 1. The Morgan fingerprint density at radius 3 is 3.00 bits per heavy atom. The molecular formula is C16H19N5O3S. The van der Waals surface area contributed by atoms with Crippen molar-refractivity contribution >= 4 is 15.9 Å². The van der Waals surface area contributed by atoms with Gasteiger partial charge in [-0.05, 0) is 18.6 Å². The fourth-order valence-corrected chi connectivity index (χ4v) is 4.95. The van der Waals surface area contributed by atoms with Gasteiger partial charge in [-0.1, -0.05) is 0 Å². The van der Waals surface area contributed by atoms with E-state index in [0.29, 0.717) is 25.9 Å². The standard InChI is InChI=1S/C16H19N5O3S/c22-16(18-12-4-7-25(23,24)10-12)21-6-3-13-14(9-21)20-15(19-13)11-2-1-5-17-8-11/h1-2,5,8,12H,3-4,6-7,9-10H2,(H,18,22)(H,19,20). The Morgan fingerprint density at radius 1 is 1.40 bits per heavy atom. The number of hydrogen-bond donors (Lipinski definition) is 2. The van der Waals surface area contributed by atoms with Crippen LogP contribution in [-0.2, 0) is 22.8 Å². The van der Waals surface area contributed by atoms with E-state index in [0.717, 1.165) is 22.8 Å². The lowest BCUT2D eigenvalue weighted by molar-refractivity contribution is 0.188. The Bertz CT molecular complexity index is 894. The van der Waals surface area contributed by atoms with Crippen LogP contribution in [0, 0.1) is 0 Å². The molecule has 0 bridgehead atoms. The van der Waals surface area contributed by atoms with E-state index in [-0.39, 0.29) is 23.6 Å². The van der Waals surface area contributed by atoms with Gasteiger partial charge in [0, 0.05) is 37.0 Å². The molecule has 1 fully saturated rings. The summed E-state index contributed by atoms with van der Waals surface area (Å²) in [7, 11) is -3.00. The summed E-state index contributed by atoms with van der Waals surface area (Å²) in [4.78, 5) is 26.1. The van der Waals surface area contributed by atoms with Crippen LogP contribution in [0.5, 0.6) is 0 Å². The van der Waals surface area contributed by atoms with Crippen LogP contribution in [0.15, 0.2) is 24.5 Å². The number of H-pyrrole nitrogens is 1. The number of hydrogen-bond acceptors (Lipinski definition) is 5. The fourth-order valence-electron chi connectivity index (χ4n) is 3.28. The van der Waals surface area contributed by atoms with Gasteiger partial charge >= 0.3 is 6.03 Å². The van der Waals surface area contributed by atoms with Gasteiger partial charge in [-0.2, -0.15) is 0 Å². The Morgan fingerprint density at radius 2 is 2.28 bits per heavy atom. The Hall–Kier alpha value is -2.42. The number of amides is 2. The lowest BCUT2D eigenvalue weighted by atomic mass is 10.1. The summed E-state index contributed by atoms with van der Waals surface area (Å²) >= 11 is 0. The van der Waals surface area contributed by atoms with Crippen LogP contribution in [0.4, 0.5) is 4.79 Å². The molecule has 0 radical (unpaired) electrons. The van der Waals surface area contributed by atoms with Crippen molar-refractivity contribution in [2.75, 3.05) is 18.1 Å². The third kappa shape index (κ3) is 3.37. The number of carbonyl (C=O) groups excluding carboxylic acids is 1. The number of nitrogens with one attached hydrogen (secondary N) is 2. The number of nitrogens with zero attached hydrogens (tertiary/aromatic N) is 3. The number of fused-ring (bicyclic) bond motifs is 1. The summed E-state index contributed by atoms with van der Waals surface area (Å²) in [6, 6.07) is 3.28. The van der Waals surface area contributed by atoms with Crippen molar-refractivity contribution in [3.8, 4) is 11.4 Å². The molecule has 2 aliphatic heterocycles. The van der Waals surface area contributed by atoms with E-state index >= 15 is 0 Å². The summed E-state index contributed by atoms with van der Waals surface area (Å²) < 4.78 is 23.0. The number of aromatic nitrogens is 3. The molecule has 4 rings (SSSR count). The monoisotopic (exact) mass is 361 g/mol. The highest BCUT2D eigenvalue weighted by Gasteiger charge is 2.31. The lowest BCUT2D eigenvalue weighted by Gasteiger charge is -2.27. The SMILES string of the molecule is O=C(NC1CCS(=O)(=O)C1)N1CCc2nc(-c3cccnc3)[nH]c2C1. The molecule has 0 spiro atoms. The van der Waals surface area contributed by atoms with Crippen LogP contribution in [0.2, 0.25) is 0 Å². The molecule has 1 saturated heterocycles. The molecule has 9 heteroatoms. The van der Waals surface area contributed by atoms with E-state index in [9.17, 15) is 13.2 Å². The number of pyridine rings is 1. The zero-order valence-electron chi connectivity index (χ0n) is 13.6. The lowest BCUT2D eigenvalue weighted by Crippen LogP contribution is -2.47. The first-order valence-corrected chi connectivity index (χ1v) is 10.1. The molecule has 2 aromatic heterocycles. The first kappa shape index (κ1) is 16.1. The number of imidazole rings is 1. The fraction of sp³-hybridized carbons (Fsp3) is 0.438. The Kier molecular flexibility index (Phi) is 3.95. The number of urea groups is 1. The van der Waals surface area contributed by atoms with E-state index in [1.54, 1.807) is 17.3 Å². The van der Waals surface area contributed by atoms with Crippen LogP contribution in [0.25, 0.3) is 11.4 Å². The van der Waals surface area contributed by atoms with Gasteiger partial charge < -0.3 is 15.2 Å². The maximum absolute atomic E-state index is 12.4. The van der Waals surface area contributed by atoms with Crippen molar-refractivity contribution < 1.29 is 13.2 Å². The van der Waals surface area contributed by atoms with Gasteiger partial charge in [0.25, 0.3) is 0 Å². The first-order chi connectivity index (χ1) is 12.0. The molecule has 4 heterocycles. The molecule has 0 aromatic carbocycles. The summed E-state index contributed by atoms with van der Waals surface area (Å²) in [5, 5.41) is 2.84. The minimum absolute atomic E-state index is 0.0348. The molecule has 0 saturated carbocycles. The van der Waals surface area contributed by atoms with Gasteiger partial charge in [0.05, 0.1) is 29.4 Å². The van der Waals surface area contributed by atoms with Crippen LogP contribution >= 0.6 is 0 Å². The molecule has 0 aliphatic carbocycles. The smallest absolute Gasteiger partial charge is 0.318 e. The maximum Gasteiger partial charge on any atom is 0.318 e. The highest BCUT2D eigenvalue weighted by atomic mass is 32.2. The van der Waals surface area contributed by atoms with Gasteiger partial charge in [-0.3, -0.25) is 4.98 Å². The van der Waals surface area contributed by atoms with E-state index < -0.39 is 9.84 Å². The summed E-state index contributed by atoms with van der Waals surface area (Å²) in [5.41, 5.74) is 2.79. The second-order valence-corrected chi connectivity index (χ2v) is 8.70. The second-order valence-electron chi connectivity index (χ2n) is 6.47. The normalized spacial score (nSPS) is 21.8. The molecular weight excluding hydrogens is 342 g/mol. The van der Waals surface area contributed by atoms with Crippen molar-refractivity contribution in [2.45, 2.75) is 25.4 Å². The van der Waals surface area contributed by atoms with Gasteiger partial charge in [-0.15, -0.1) is 0 Å². The minimum atomic E-state index is -3.00. The third-order valence-electron chi connectivity index (χ3n) is 4.61. The first-order valence-electron chi connectivity index (χ1n) is 8.24. The van der Waals surface area contributed by atoms with E-state index in [1.807, 2.05) is 12.1 Å². The molecule has 1 unspecified atom stereocenters. The molecule has 2 N–H and O–H groups in total. The quantitative estimate of drug-likeness (QED) is 0.820. The number of rotatable bonds is 2. The zero-order valence-corrected chi connectivity index (χ0v) is 14.4. The molecule has 2 aliphatic rings. The Balaban J connectivity index is 1.44. The van der Waals surface area contributed by atoms with Crippen LogP contribution in [0.1, 0.15) is 17.8 Å². The molecule has 8 nitrogen and oxygen atoms in total. The van der Waals surface area contributed by atoms with Crippen molar-refractivity contribution in [3.05, 3.63) is 35.9 Å². The molecule has 1 atom stereocenters. The summed E-state index contributed by atoms with van der Waals surface area (Å²) in [5.74, 6) is 0.937. The van der Waals surface area contributed by atoms with Crippen LogP contribution in [0.3, 0.4) is 0 Å². The van der Waals surface area contributed by atoms with Crippen LogP contribution in [-0.4, -0.2) is 58.4 Å². The Labute approximate surface area is 145 Å². The predicted molar refractivity (Wildman–Crippen MR) is 91.5 cm³/mol. The number of sulfone groups is 1. The van der Waals surface area contributed by atoms with Crippen molar-refractivity contribution in [3.63, 3.8) is 0 Å².